The number of amides is 1. The summed E-state index contributed by atoms with van der Waals surface area (Å²) in [5, 5.41) is 10.3. The first kappa shape index (κ1) is 21.1. The molecule has 2 aliphatic rings. The Morgan fingerprint density at radius 1 is 0.882 bits per heavy atom. The number of hydrogen-bond donors (Lipinski definition) is 0. The maximum atomic E-state index is 13.6. The van der Waals surface area contributed by atoms with Crippen molar-refractivity contribution < 1.29 is 4.79 Å². The van der Waals surface area contributed by atoms with Crippen LogP contribution >= 0.6 is 0 Å². The number of benzene rings is 2. The van der Waals surface area contributed by atoms with Crippen molar-refractivity contribution in [3.05, 3.63) is 70.4 Å². The van der Waals surface area contributed by atoms with Crippen LogP contribution in [0.5, 0.6) is 0 Å². The van der Waals surface area contributed by atoms with E-state index in [4.69, 9.17) is 0 Å². The van der Waals surface area contributed by atoms with E-state index in [0.29, 0.717) is 17.3 Å². The summed E-state index contributed by atoms with van der Waals surface area (Å²) in [5.74, 6) is 2.45. The smallest absolute Gasteiger partial charge is 0.242 e. The molecule has 1 amide bonds. The summed E-state index contributed by atoms with van der Waals surface area (Å²) in [7, 11) is 0. The molecule has 6 rings (SSSR count). The van der Waals surface area contributed by atoms with Gasteiger partial charge in [-0.3, -0.25) is 9.59 Å². The van der Waals surface area contributed by atoms with Crippen molar-refractivity contribution in [1.82, 2.24) is 24.2 Å². The van der Waals surface area contributed by atoms with Crippen LogP contribution in [0.15, 0.2) is 53.3 Å². The van der Waals surface area contributed by atoms with Gasteiger partial charge in [-0.25, -0.2) is 0 Å². The predicted octanol–water partition coefficient (Wildman–Crippen LogP) is 3.88. The molecule has 174 valence electrons. The van der Waals surface area contributed by atoms with Gasteiger partial charge in [0.05, 0.1) is 11.0 Å². The fourth-order valence-electron chi connectivity index (χ4n) is 5.71. The molecule has 4 aromatic rings. The monoisotopic (exact) mass is 455 g/mol. The molecule has 0 radical (unpaired) electrons. The highest BCUT2D eigenvalue weighted by Gasteiger charge is 2.30. The van der Waals surface area contributed by atoms with Gasteiger partial charge in [-0.1, -0.05) is 30.7 Å². The van der Waals surface area contributed by atoms with E-state index in [2.05, 4.69) is 14.8 Å². The number of hydrogen-bond acceptors (Lipinski definition) is 4. The van der Waals surface area contributed by atoms with Gasteiger partial charge in [0.15, 0.2) is 5.43 Å². The van der Waals surface area contributed by atoms with Crippen LogP contribution < -0.4 is 5.43 Å². The Morgan fingerprint density at radius 3 is 2.38 bits per heavy atom. The van der Waals surface area contributed by atoms with Crippen LogP contribution in [0.3, 0.4) is 0 Å². The van der Waals surface area contributed by atoms with Gasteiger partial charge in [-0.2, -0.15) is 0 Å². The molecule has 0 saturated carbocycles. The van der Waals surface area contributed by atoms with E-state index >= 15 is 0 Å². The second-order valence-electron chi connectivity index (χ2n) is 9.57. The molecule has 4 heterocycles. The van der Waals surface area contributed by atoms with Crippen molar-refractivity contribution in [2.24, 2.45) is 0 Å². The first-order valence-electron chi connectivity index (χ1n) is 12.4. The van der Waals surface area contributed by atoms with Crippen molar-refractivity contribution in [2.75, 3.05) is 13.1 Å². The summed E-state index contributed by atoms with van der Waals surface area (Å²) in [4.78, 5) is 28.6. The molecule has 0 spiro atoms. The SMILES string of the molecule is O=C(Cn1c2ccccc2c(=O)c2ccccc21)N1CCCC(c2nnc3n2CCCCC3)C1. The molecule has 0 bridgehead atoms. The Labute approximate surface area is 198 Å². The summed E-state index contributed by atoms with van der Waals surface area (Å²) in [6, 6.07) is 15.2. The van der Waals surface area contributed by atoms with Crippen molar-refractivity contribution in [3.8, 4) is 0 Å². The van der Waals surface area contributed by atoms with Gasteiger partial charge in [0, 0.05) is 42.7 Å². The Morgan fingerprint density at radius 2 is 1.62 bits per heavy atom. The average Bonchev–Trinajstić information content (AvgIpc) is 3.14. The Kier molecular flexibility index (Phi) is 5.40. The van der Waals surface area contributed by atoms with Crippen LogP contribution in [0.2, 0.25) is 0 Å². The molecule has 1 fully saturated rings. The van der Waals surface area contributed by atoms with Gasteiger partial charge in [-0.05, 0) is 49.9 Å². The minimum Gasteiger partial charge on any atom is -0.340 e. The van der Waals surface area contributed by atoms with E-state index in [9.17, 15) is 9.59 Å². The fourth-order valence-corrected chi connectivity index (χ4v) is 5.71. The molecule has 2 aliphatic heterocycles. The summed E-state index contributed by atoms with van der Waals surface area (Å²) in [6.45, 7) is 2.63. The Bertz CT molecular complexity index is 1380. The Hall–Kier alpha value is -3.48. The number of aryl methyl sites for hydroxylation is 1. The number of carbonyl (C=O) groups excluding carboxylic acids is 1. The zero-order valence-electron chi connectivity index (χ0n) is 19.3. The standard InChI is InChI=1S/C27H29N5O2/c33-25(18-32-22-12-5-3-10-20(22)26(34)21-11-4-6-13-23(21)32)30-15-8-9-19(17-30)27-29-28-24-14-2-1-7-16-31(24)27/h3-6,10-13,19H,1-2,7-9,14-18H2. The fraction of sp³-hybridized carbons (Fsp3) is 0.407. The van der Waals surface area contributed by atoms with Crippen molar-refractivity contribution >= 4 is 27.7 Å². The normalized spacial score (nSPS) is 18.7. The lowest BCUT2D eigenvalue weighted by molar-refractivity contribution is -0.133. The van der Waals surface area contributed by atoms with Gasteiger partial charge in [0.1, 0.15) is 18.2 Å². The van der Waals surface area contributed by atoms with Crippen LogP contribution in [0, 0.1) is 0 Å². The molecule has 0 aliphatic carbocycles. The highest BCUT2D eigenvalue weighted by Crippen LogP contribution is 2.28. The zero-order chi connectivity index (χ0) is 23.1. The largest absolute Gasteiger partial charge is 0.340 e. The van der Waals surface area contributed by atoms with Crippen molar-refractivity contribution in [1.29, 1.82) is 0 Å². The number of piperidine rings is 1. The number of carbonyl (C=O) groups is 1. The van der Waals surface area contributed by atoms with E-state index in [-0.39, 0.29) is 23.8 Å². The third kappa shape index (κ3) is 3.59. The average molecular weight is 456 g/mol. The third-order valence-electron chi connectivity index (χ3n) is 7.45. The second kappa shape index (κ2) is 8.70. The number of para-hydroxylation sites is 2. The maximum absolute atomic E-state index is 13.6. The Balaban J connectivity index is 1.31. The molecule has 1 saturated heterocycles. The van der Waals surface area contributed by atoms with Crippen molar-refractivity contribution in [2.45, 2.75) is 57.5 Å². The summed E-state index contributed by atoms with van der Waals surface area (Å²) < 4.78 is 4.31. The second-order valence-corrected chi connectivity index (χ2v) is 9.57. The van der Waals surface area contributed by atoms with Gasteiger partial charge >= 0.3 is 0 Å². The van der Waals surface area contributed by atoms with Crippen LogP contribution in [-0.4, -0.2) is 43.2 Å². The van der Waals surface area contributed by atoms with E-state index < -0.39 is 0 Å². The van der Waals surface area contributed by atoms with Gasteiger partial charge in [0.25, 0.3) is 0 Å². The molecule has 1 unspecified atom stereocenters. The first-order chi connectivity index (χ1) is 16.7. The third-order valence-corrected chi connectivity index (χ3v) is 7.45. The first-order valence-corrected chi connectivity index (χ1v) is 12.4. The zero-order valence-corrected chi connectivity index (χ0v) is 19.3. The van der Waals surface area contributed by atoms with Crippen LogP contribution in [0.4, 0.5) is 0 Å². The summed E-state index contributed by atoms with van der Waals surface area (Å²) in [6.07, 6.45) is 6.57. The molecule has 0 N–H and O–H groups in total. The number of pyridine rings is 1. The number of fused-ring (bicyclic) bond motifs is 3. The quantitative estimate of drug-likeness (QED) is 0.440. The maximum Gasteiger partial charge on any atom is 0.242 e. The van der Waals surface area contributed by atoms with E-state index in [1.165, 1.54) is 19.3 Å². The van der Waals surface area contributed by atoms with Crippen molar-refractivity contribution in [3.63, 3.8) is 0 Å². The molecule has 2 aromatic heterocycles. The van der Waals surface area contributed by atoms with E-state index in [1.54, 1.807) is 0 Å². The molecule has 7 nitrogen and oxygen atoms in total. The highest BCUT2D eigenvalue weighted by molar-refractivity contribution is 5.94. The van der Waals surface area contributed by atoms with Crippen LogP contribution in [0.1, 0.15) is 49.7 Å². The topological polar surface area (TPSA) is 73.0 Å². The van der Waals surface area contributed by atoms with Gasteiger partial charge < -0.3 is 14.0 Å². The lowest BCUT2D eigenvalue weighted by Crippen LogP contribution is -2.41. The number of nitrogens with zero attached hydrogens (tertiary/aromatic N) is 5. The summed E-state index contributed by atoms with van der Waals surface area (Å²) in [5.41, 5.74) is 1.62. The predicted molar refractivity (Wildman–Crippen MR) is 132 cm³/mol. The number of likely N-dealkylation sites (tertiary alicyclic amines) is 1. The van der Waals surface area contributed by atoms with Crippen LogP contribution in [-0.2, 0) is 24.3 Å². The lowest BCUT2D eigenvalue weighted by Gasteiger charge is -2.33. The van der Waals surface area contributed by atoms with Gasteiger partial charge in [0.2, 0.25) is 5.91 Å². The molecule has 34 heavy (non-hydrogen) atoms. The number of aromatic nitrogens is 4. The molecular weight excluding hydrogens is 426 g/mol. The molecular formula is C27H29N5O2. The minimum absolute atomic E-state index is 0.0143. The minimum atomic E-state index is 0.0143. The molecule has 1 atom stereocenters. The highest BCUT2D eigenvalue weighted by atomic mass is 16.2. The van der Waals surface area contributed by atoms with Gasteiger partial charge in [-0.15, -0.1) is 10.2 Å². The lowest BCUT2D eigenvalue weighted by atomic mass is 9.97. The number of rotatable bonds is 3. The summed E-state index contributed by atoms with van der Waals surface area (Å²) >= 11 is 0. The molecule has 2 aromatic carbocycles. The van der Waals surface area contributed by atoms with E-state index in [1.807, 2.05) is 58.0 Å². The van der Waals surface area contributed by atoms with Crippen LogP contribution in [0.25, 0.3) is 21.8 Å². The van der Waals surface area contributed by atoms with E-state index in [0.717, 1.165) is 55.0 Å². The molecule has 7 heteroatoms.